The van der Waals surface area contributed by atoms with Gasteiger partial charge in [0.15, 0.2) is 5.82 Å². The number of benzene rings is 2. The molecule has 1 saturated heterocycles. The smallest absolute Gasteiger partial charge is 0.459 e. The maximum Gasteiger partial charge on any atom is 0.459 e. The SMILES string of the molecule is CCOC(=O)[C@H](Cc1ccccc1)NP(=O)(OC[C@@]1(C#N)O[C@@H](c2ccc3c(N)ncnn23)[C@H](O)[C@@H]1O)Oc1ccccc1. The third-order valence-electron chi connectivity index (χ3n) is 7.03. The molecule has 2 aromatic heterocycles. The van der Waals surface area contributed by atoms with Crippen LogP contribution in [0.25, 0.3) is 5.52 Å². The number of esters is 1. The number of aromatic nitrogens is 3. The van der Waals surface area contributed by atoms with Gasteiger partial charge in [0.1, 0.15) is 54.6 Å². The monoisotopic (exact) mass is 622 g/mol. The van der Waals surface area contributed by atoms with Gasteiger partial charge in [-0.2, -0.15) is 15.4 Å². The van der Waals surface area contributed by atoms with E-state index in [1.807, 2.05) is 12.1 Å². The van der Waals surface area contributed by atoms with E-state index in [1.165, 1.54) is 23.0 Å². The summed E-state index contributed by atoms with van der Waals surface area (Å²) in [6.07, 6.45) is -3.39. The first-order chi connectivity index (χ1) is 21.2. The Morgan fingerprint density at radius 3 is 2.57 bits per heavy atom. The first-order valence-corrected chi connectivity index (χ1v) is 15.2. The average molecular weight is 623 g/mol. The van der Waals surface area contributed by atoms with E-state index in [9.17, 15) is 24.8 Å². The van der Waals surface area contributed by atoms with E-state index in [2.05, 4.69) is 15.2 Å². The predicted molar refractivity (Wildman–Crippen MR) is 156 cm³/mol. The molecule has 1 aliphatic rings. The normalized spacial score (nSPS) is 23.5. The van der Waals surface area contributed by atoms with Crippen LogP contribution in [-0.2, 0) is 29.8 Å². The number of aliphatic hydroxyl groups excluding tert-OH is 2. The van der Waals surface area contributed by atoms with E-state index in [1.54, 1.807) is 61.5 Å². The topological polar surface area (TPSA) is 204 Å². The van der Waals surface area contributed by atoms with Crippen molar-refractivity contribution >= 4 is 25.1 Å². The lowest BCUT2D eigenvalue weighted by atomic mass is 9.96. The number of ether oxygens (including phenoxy) is 2. The van der Waals surface area contributed by atoms with Crippen LogP contribution in [-0.4, -0.2) is 67.8 Å². The second-order valence-corrected chi connectivity index (χ2v) is 11.7. The Kier molecular flexibility index (Phi) is 9.26. The number of nitrogen functional groups attached to an aromatic ring is 1. The highest BCUT2D eigenvalue weighted by molar-refractivity contribution is 7.52. The standard InChI is InChI=1S/C29H31N6O8P/c1-2-40-28(38)21(15-19-9-5-3-6-10-19)34-44(39,43-20-11-7-4-8-12-20)41-17-29(16-30)26(37)24(36)25(42-29)22-13-14-23-27(31)32-18-33-35(22)23/h3-14,18,21,24-26,36-37H,2,15,17H2,1H3,(H,34,39)(H2,31,32,33)/t21-,24-,25-,26-,29+,44?/m0/s1. The summed E-state index contributed by atoms with van der Waals surface area (Å²) < 4.78 is 38.3. The molecule has 1 fully saturated rings. The maximum atomic E-state index is 14.3. The van der Waals surface area contributed by atoms with Gasteiger partial charge in [-0.05, 0) is 43.2 Å². The van der Waals surface area contributed by atoms with Crippen LogP contribution >= 0.6 is 7.75 Å². The summed E-state index contributed by atoms with van der Waals surface area (Å²) in [6, 6.07) is 20.9. The molecular formula is C29H31N6O8P. The lowest BCUT2D eigenvalue weighted by molar-refractivity contribution is -0.145. The molecule has 15 heteroatoms. The van der Waals surface area contributed by atoms with Gasteiger partial charge in [0, 0.05) is 0 Å². The van der Waals surface area contributed by atoms with Gasteiger partial charge < -0.3 is 29.9 Å². The van der Waals surface area contributed by atoms with Crippen molar-refractivity contribution in [2.45, 2.75) is 43.3 Å². The number of anilines is 1. The molecule has 0 aliphatic carbocycles. The number of nitrogens with two attached hydrogens (primary N) is 1. The number of nitrogens with one attached hydrogen (secondary N) is 1. The highest BCUT2D eigenvalue weighted by Crippen LogP contribution is 2.48. The Morgan fingerprint density at radius 1 is 1.18 bits per heavy atom. The van der Waals surface area contributed by atoms with Crippen LogP contribution in [0.4, 0.5) is 5.82 Å². The predicted octanol–water partition coefficient (Wildman–Crippen LogP) is 2.33. The van der Waals surface area contributed by atoms with E-state index in [4.69, 9.17) is 24.3 Å². The van der Waals surface area contributed by atoms with Gasteiger partial charge >= 0.3 is 13.7 Å². The van der Waals surface area contributed by atoms with Crippen molar-refractivity contribution in [2.75, 3.05) is 18.9 Å². The Morgan fingerprint density at radius 2 is 1.89 bits per heavy atom. The molecule has 0 radical (unpaired) electrons. The lowest BCUT2D eigenvalue weighted by Gasteiger charge is -2.29. The molecule has 230 valence electrons. The number of hydrogen-bond donors (Lipinski definition) is 4. The molecule has 5 rings (SSSR count). The minimum absolute atomic E-state index is 0.0678. The summed E-state index contributed by atoms with van der Waals surface area (Å²) in [5.41, 5.74) is 5.15. The zero-order chi connectivity index (χ0) is 31.3. The first-order valence-electron chi connectivity index (χ1n) is 13.7. The van der Waals surface area contributed by atoms with Gasteiger partial charge in [-0.15, -0.1) is 0 Å². The number of carbonyl (C=O) groups excluding carboxylic acids is 1. The van der Waals surface area contributed by atoms with Gasteiger partial charge in [0.05, 0.1) is 12.3 Å². The number of nitrogens with zero attached hydrogens (tertiary/aromatic N) is 4. The fourth-order valence-electron chi connectivity index (χ4n) is 4.83. The Hall–Kier alpha value is -4.35. The van der Waals surface area contributed by atoms with E-state index < -0.39 is 50.3 Å². The summed E-state index contributed by atoms with van der Waals surface area (Å²) in [6.45, 7) is 0.884. The Bertz CT molecular complexity index is 1680. The molecule has 0 saturated carbocycles. The molecule has 6 atom stereocenters. The largest absolute Gasteiger partial charge is 0.465 e. The van der Waals surface area contributed by atoms with Crippen LogP contribution in [0.15, 0.2) is 79.1 Å². The Labute approximate surface area is 252 Å². The van der Waals surface area contributed by atoms with Crippen LogP contribution in [0.1, 0.15) is 24.3 Å². The average Bonchev–Trinajstić information content (AvgIpc) is 3.57. The third-order valence-corrected chi connectivity index (χ3v) is 8.57. The van der Waals surface area contributed by atoms with Crippen molar-refractivity contribution in [1.29, 1.82) is 5.26 Å². The maximum absolute atomic E-state index is 14.3. The Balaban J connectivity index is 1.43. The van der Waals surface area contributed by atoms with Crippen LogP contribution < -0.4 is 15.3 Å². The third kappa shape index (κ3) is 6.44. The number of para-hydroxylation sites is 1. The number of aliphatic hydroxyl groups is 2. The number of nitriles is 1. The summed E-state index contributed by atoms with van der Waals surface area (Å²) in [4.78, 5) is 16.9. The van der Waals surface area contributed by atoms with E-state index in [0.717, 1.165) is 5.56 Å². The van der Waals surface area contributed by atoms with Gasteiger partial charge in [0.25, 0.3) is 0 Å². The molecule has 2 aromatic carbocycles. The highest BCUT2D eigenvalue weighted by Gasteiger charge is 2.57. The molecular weight excluding hydrogens is 591 g/mol. The summed E-state index contributed by atoms with van der Waals surface area (Å²) in [5.74, 6) is -0.397. The molecule has 44 heavy (non-hydrogen) atoms. The van der Waals surface area contributed by atoms with Crippen molar-refractivity contribution in [3.8, 4) is 11.8 Å². The van der Waals surface area contributed by atoms with E-state index >= 15 is 0 Å². The zero-order valence-corrected chi connectivity index (χ0v) is 24.5. The molecule has 0 bridgehead atoms. The number of carbonyl (C=O) groups is 1. The number of fused-ring (bicyclic) bond motifs is 1. The second-order valence-electron chi connectivity index (χ2n) is 9.97. The molecule has 0 amide bonds. The minimum atomic E-state index is -4.51. The van der Waals surface area contributed by atoms with Gasteiger partial charge in [-0.3, -0.25) is 9.32 Å². The highest BCUT2D eigenvalue weighted by atomic mass is 31.2. The molecule has 5 N–H and O–H groups in total. The summed E-state index contributed by atoms with van der Waals surface area (Å²) in [5, 5.41) is 39.0. The fourth-order valence-corrected chi connectivity index (χ4v) is 6.35. The van der Waals surface area contributed by atoms with Crippen molar-refractivity contribution in [3.05, 3.63) is 90.4 Å². The van der Waals surface area contributed by atoms with Crippen molar-refractivity contribution in [1.82, 2.24) is 19.7 Å². The molecule has 4 aromatic rings. The van der Waals surface area contributed by atoms with Crippen LogP contribution in [0.2, 0.25) is 0 Å². The van der Waals surface area contributed by atoms with Crippen LogP contribution in [0, 0.1) is 11.3 Å². The van der Waals surface area contributed by atoms with Crippen LogP contribution in [0.3, 0.4) is 0 Å². The molecule has 14 nitrogen and oxygen atoms in total. The van der Waals surface area contributed by atoms with Crippen molar-refractivity contribution in [2.24, 2.45) is 0 Å². The number of hydrogen-bond acceptors (Lipinski definition) is 12. The second kappa shape index (κ2) is 13.1. The van der Waals surface area contributed by atoms with Gasteiger partial charge in [-0.1, -0.05) is 48.5 Å². The van der Waals surface area contributed by atoms with Crippen molar-refractivity contribution in [3.63, 3.8) is 0 Å². The first kappa shape index (κ1) is 31.1. The van der Waals surface area contributed by atoms with Gasteiger partial charge in [-0.25, -0.2) is 14.1 Å². The van der Waals surface area contributed by atoms with E-state index in [0.29, 0.717) is 5.52 Å². The van der Waals surface area contributed by atoms with Crippen LogP contribution in [0.5, 0.6) is 5.75 Å². The molecule has 1 aliphatic heterocycles. The zero-order valence-electron chi connectivity index (χ0n) is 23.6. The number of rotatable bonds is 12. The molecule has 3 heterocycles. The molecule has 1 unspecified atom stereocenters. The van der Waals surface area contributed by atoms with E-state index in [-0.39, 0.29) is 30.3 Å². The summed E-state index contributed by atoms with van der Waals surface area (Å²) >= 11 is 0. The summed E-state index contributed by atoms with van der Waals surface area (Å²) in [7, 11) is -4.51. The van der Waals surface area contributed by atoms with Crippen molar-refractivity contribution < 1.29 is 38.1 Å². The lowest BCUT2D eigenvalue weighted by Crippen LogP contribution is -2.46. The fraction of sp³-hybridized carbons (Fsp3) is 0.310. The minimum Gasteiger partial charge on any atom is -0.465 e. The molecule has 0 spiro atoms. The van der Waals surface area contributed by atoms with Gasteiger partial charge in [0.2, 0.25) is 5.60 Å². The quantitative estimate of drug-likeness (QED) is 0.132.